The summed E-state index contributed by atoms with van der Waals surface area (Å²) in [5.74, 6) is 0.226. The first kappa shape index (κ1) is 19.7. The molecule has 2 bridgehead atoms. The zero-order chi connectivity index (χ0) is 20.4. The lowest BCUT2D eigenvalue weighted by Gasteiger charge is -2.47. The fraction of sp³-hybridized carbons (Fsp3) is 0.440. The molecule has 0 N–H and O–H groups in total. The molecule has 4 rings (SSSR count). The molecule has 2 fully saturated rings. The number of carbonyl (C=O) groups excluding carboxylic acids is 2. The average Bonchev–Trinajstić information content (AvgIpc) is 2.73. The normalized spacial score (nSPS) is 23.5. The lowest BCUT2D eigenvalue weighted by Crippen LogP contribution is -2.55. The van der Waals surface area contributed by atoms with Crippen LogP contribution in [0.2, 0.25) is 0 Å². The van der Waals surface area contributed by atoms with Gasteiger partial charge in [-0.1, -0.05) is 48.0 Å². The van der Waals surface area contributed by atoms with Gasteiger partial charge in [0.15, 0.2) is 5.78 Å². The van der Waals surface area contributed by atoms with Crippen molar-refractivity contribution in [2.45, 2.75) is 64.6 Å². The highest BCUT2D eigenvalue weighted by atomic mass is 16.6. The zero-order valence-electron chi connectivity index (χ0n) is 17.3. The van der Waals surface area contributed by atoms with Crippen molar-refractivity contribution in [2.24, 2.45) is 5.92 Å². The fourth-order valence-corrected chi connectivity index (χ4v) is 4.91. The minimum Gasteiger partial charge on any atom is -0.445 e. The van der Waals surface area contributed by atoms with Gasteiger partial charge in [0.2, 0.25) is 0 Å². The van der Waals surface area contributed by atoms with Crippen molar-refractivity contribution < 1.29 is 14.3 Å². The quantitative estimate of drug-likeness (QED) is 0.651. The molecule has 0 radical (unpaired) electrons. The molecule has 2 aliphatic heterocycles. The standard InChI is InChI=1S/C25H29NO3/c1-17-11-12-18(2)23(13-17)24(27)20-14-21-9-6-10-22(15-20)26(21)25(28)29-16-19-7-4-3-5-8-19/h3-5,7-8,11-13,20-22H,6,9-10,14-16H2,1-2H3. The monoisotopic (exact) mass is 391 g/mol. The fourth-order valence-electron chi connectivity index (χ4n) is 4.91. The molecule has 2 aliphatic rings. The molecule has 1 amide bonds. The number of fused-ring (bicyclic) bond motifs is 2. The number of rotatable bonds is 4. The topological polar surface area (TPSA) is 46.6 Å². The number of nitrogens with zero attached hydrogens (tertiary/aromatic N) is 1. The molecule has 2 saturated heterocycles. The summed E-state index contributed by atoms with van der Waals surface area (Å²) in [4.78, 5) is 28.0. The van der Waals surface area contributed by atoms with Gasteiger partial charge < -0.3 is 9.64 Å². The van der Waals surface area contributed by atoms with E-state index in [0.29, 0.717) is 6.61 Å². The number of hydrogen-bond acceptors (Lipinski definition) is 3. The Labute approximate surface area is 172 Å². The molecule has 2 heterocycles. The van der Waals surface area contributed by atoms with E-state index < -0.39 is 0 Å². The van der Waals surface area contributed by atoms with E-state index in [1.54, 1.807) is 0 Å². The van der Waals surface area contributed by atoms with Crippen LogP contribution in [-0.4, -0.2) is 28.9 Å². The molecule has 2 aromatic carbocycles. The Morgan fingerprint density at radius 3 is 2.38 bits per heavy atom. The van der Waals surface area contributed by atoms with E-state index in [0.717, 1.165) is 54.4 Å². The first-order valence-electron chi connectivity index (χ1n) is 10.6. The van der Waals surface area contributed by atoms with Crippen LogP contribution in [0.25, 0.3) is 0 Å². The molecular weight excluding hydrogens is 362 g/mol. The first-order valence-corrected chi connectivity index (χ1v) is 10.6. The maximum absolute atomic E-state index is 13.3. The molecule has 2 unspecified atom stereocenters. The Balaban J connectivity index is 1.45. The van der Waals surface area contributed by atoms with Crippen molar-refractivity contribution in [1.82, 2.24) is 4.90 Å². The Kier molecular flexibility index (Phi) is 5.70. The largest absolute Gasteiger partial charge is 0.445 e. The van der Waals surface area contributed by atoms with Crippen molar-refractivity contribution in [1.29, 1.82) is 0 Å². The van der Waals surface area contributed by atoms with Crippen LogP contribution >= 0.6 is 0 Å². The molecule has 4 heteroatoms. The van der Waals surface area contributed by atoms with Gasteiger partial charge in [0, 0.05) is 23.6 Å². The number of aryl methyl sites for hydroxylation is 2. The molecule has 0 spiro atoms. The van der Waals surface area contributed by atoms with E-state index in [4.69, 9.17) is 4.74 Å². The molecular formula is C25H29NO3. The van der Waals surface area contributed by atoms with Crippen LogP contribution < -0.4 is 0 Å². The molecule has 152 valence electrons. The summed E-state index contributed by atoms with van der Waals surface area (Å²) in [5.41, 5.74) is 3.98. The first-order chi connectivity index (χ1) is 14.0. The predicted molar refractivity (Wildman–Crippen MR) is 113 cm³/mol. The third-order valence-corrected chi connectivity index (χ3v) is 6.42. The smallest absolute Gasteiger partial charge is 0.410 e. The Hall–Kier alpha value is -2.62. The second kappa shape index (κ2) is 8.40. The summed E-state index contributed by atoms with van der Waals surface area (Å²) in [5, 5.41) is 0. The van der Waals surface area contributed by atoms with Gasteiger partial charge in [0.05, 0.1) is 0 Å². The van der Waals surface area contributed by atoms with Crippen molar-refractivity contribution in [2.75, 3.05) is 0 Å². The van der Waals surface area contributed by atoms with Crippen molar-refractivity contribution in [3.05, 3.63) is 70.8 Å². The third kappa shape index (κ3) is 4.21. The molecule has 29 heavy (non-hydrogen) atoms. The third-order valence-electron chi connectivity index (χ3n) is 6.42. The Bertz CT molecular complexity index is 878. The van der Waals surface area contributed by atoms with Crippen molar-refractivity contribution in [3.8, 4) is 0 Å². The number of hydrogen-bond donors (Lipinski definition) is 0. The van der Waals surface area contributed by atoms with Gasteiger partial charge in [-0.25, -0.2) is 4.79 Å². The van der Waals surface area contributed by atoms with E-state index in [1.165, 1.54) is 0 Å². The summed E-state index contributed by atoms with van der Waals surface area (Å²) < 4.78 is 5.62. The highest BCUT2D eigenvalue weighted by Gasteiger charge is 2.43. The summed E-state index contributed by atoms with van der Waals surface area (Å²) in [6.07, 6.45) is 4.26. The summed E-state index contributed by atoms with van der Waals surface area (Å²) in [7, 11) is 0. The maximum Gasteiger partial charge on any atom is 0.410 e. The molecule has 0 saturated carbocycles. The van der Waals surface area contributed by atoms with E-state index in [1.807, 2.05) is 67.3 Å². The van der Waals surface area contributed by atoms with E-state index in [-0.39, 0.29) is 29.9 Å². The van der Waals surface area contributed by atoms with E-state index >= 15 is 0 Å². The number of Topliss-reactive ketones (excluding diaryl/α,β-unsaturated/α-hetero) is 1. The van der Waals surface area contributed by atoms with Crippen LogP contribution in [0.1, 0.15) is 59.2 Å². The van der Waals surface area contributed by atoms with Crippen molar-refractivity contribution >= 4 is 11.9 Å². The zero-order valence-corrected chi connectivity index (χ0v) is 17.3. The van der Waals surface area contributed by atoms with Crippen LogP contribution in [0.4, 0.5) is 4.79 Å². The number of carbonyl (C=O) groups is 2. The van der Waals surface area contributed by atoms with Gasteiger partial charge >= 0.3 is 6.09 Å². The van der Waals surface area contributed by atoms with Gasteiger partial charge in [-0.05, 0) is 63.1 Å². The van der Waals surface area contributed by atoms with Crippen LogP contribution in [0, 0.1) is 19.8 Å². The highest BCUT2D eigenvalue weighted by Crippen LogP contribution is 2.39. The van der Waals surface area contributed by atoms with Crippen LogP contribution in [-0.2, 0) is 11.3 Å². The summed E-state index contributed by atoms with van der Waals surface area (Å²) in [6, 6.07) is 16.1. The molecule has 0 aromatic heterocycles. The van der Waals surface area contributed by atoms with Gasteiger partial charge in [-0.2, -0.15) is 0 Å². The number of ether oxygens (including phenoxy) is 1. The number of ketones is 1. The molecule has 4 nitrogen and oxygen atoms in total. The Morgan fingerprint density at radius 2 is 1.69 bits per heavy atom. The predicted octanol–water partition coefficient (Wildman–Crippen LogP) is 5.46. The maximum atomic E-state index is 13.3. The second-order valence-electron chi connectivity index (χ2n) is 8.54. The van der Waals surface area contributed by atoms with Crippen LogP contribution in [0.3, 0.4) is 0 Å². The average molecular weight is 392 g/mol. The van der Waals surface area contributed by atoms with Crippen LogP contribution in [0.5, 0.6) is 0 Å². The minimum atomic E-state index is -0.235. The van der Waals surface area contributed by atoms with Crippen LogP contribution in [0.15, 0.2) is 48.5 Å². The molecule has 2 aromatic rings. The number of piperidine rings is 2. The highest BCUT2D eigenvalue weighted by molar-refractivity contribution is 5.99. The van der Waals surface area contributed by atoms with Gasteiger partial charge in [-0.15, -0.1) is 0 Å². The second-order valence-corrected chi connectivity index (χ2v) is 8.54. The summed E-state index contributed by atoms with van der Waals surface area (Å²) >= 11 is 0. The number of benzene rings is 2. The summed E-state index contributed by atoms with van der Waals surface area (Å²) in [6.45, 7) is 4.32. The van der Waals surface area contributed by atoms with E-state index in [9.17, 15) is 9.59 Å². The van der Waals surface area contributed by atoms with E-state index in [2.05, 4.69) is 0 Å². The SMILES string of the molecule is Cc1ccc(C)c(C(=O)C2CC3CCCC(C2)N3C(=O)OCc2ccccc2)c1. The minimum absolute atomic E-state index is 0.0102. The number of amides is 1. The molecule has 2 atom stereocenters. The van der Waals surface area contributed by atoms with Gasteiger partial charge in [0.1, 0.15) is 6.61 Å². The lowest BCUT2D eigenvalue weighted by atomic mass is 9.75. The molecule has 0 aliphatic carbocycles. The van der Waals surface area contributed by atoms with Gasteiger partial charge in [-0.3, -0.25) is 4.79 Å². The lowest BCUT2D eigenvalue weighted by molar-refractivity contribution is 0.00471. The Morgan fingerprint density at radius 1 is 1.00 bits per heavy atom. The van der Waals surface area contributed by atoms with Gasteiger partial charge in [0.25, 0.3) is 0 Å². The van der Waals surface area contributed by atoms with Crippen molar-refractivity contribution in [3.63, 3.8) is 0 Å².